The van der Waals surface area contributed by atoms with E-state index in [1.54, 1.807) is 31.4 Å². The number of hydrogen-bond acceptors (Lipinski definition) is 5. The van der Waals surface area contributed by atoms with Crippen LogP contribution in [0.2, 0.25) is 0 Å². The summed E-state index contributed by atoms with van der Waals surface area (Å²) in [6, 6.07) is 6.54. The summed E-state index contributed by atoms with van der Waals surface area (Å²) in [5.41, 5.74) is 0. The van der Waals surface area contributed by atoms with Gasteiger partial charge in [-0.15, -0.1) is 0 Å². The van der Waals surface area contributed by atoms with E-state index in [0.717, 1.165) is 13.1 Å². The zero-order chi connectivity index (χ0) is 15.3. The minimum absolute atomic E-state index is 0.311. The Labute approximate surface area is 126 Å². The Morgan fingerprint density at radius 1 is 1.05 bits per heavy atom. The number of rotatable bonds is 6. The number of sulfonamides is 1. The highest BCUT2D eigenvalue weighted by Gasteiger charge is 2.27. The first-order chi connectivity index (χ1) is 10.0. The predicted molar refractivity (Wildman–Crippen MR) is 80.1 cm³/mol. The fourth-order valence-electron chi connectivity index (χ4n) is 2.13. The van der Waals surface area contributed by atoms with E-state index in [-0.39, 0.29) is 0 Å². The summed E-state index contributed by atoms with van der Waals surface area (Å²) in [6.45, 7) is 3.53. The maximum atomic E-state index is 12.5. The van der Waals surface area contributed by atoms with Crippen LogP contribution in [0, 0.1) is 0 Å². The molecule has 0 bridgehead atoms. The standard InChI is InChI=1S/C14H22N2O4S/c1-15-7-9-16(10-8-15)21(17,18)14-5-3-13(4-6-14)20-12-11-19-2/h3-6H,7-12H2,1-2H3. The summed E-state index contributed by atoms with van der Waals surface area (Å²) in [6.07, 6.45) is 0. The molecule has 0 radical (unpaired) electrons. The summed E-state index contributed by atoms with van der Waals surface area (Å²) in [4.78, 5) is 2.44. The number of hydrogen-bond donors (Lipinski definition) is 0. The van der Waals surface area contributed by atoms with Crippen molar-refractivity contribution < 1.29 is 17.9 Å². The first-order valence-corrected chi connectivity index (χ1v) is 8.38. The molecular formula is C14H22N2O4S. The normalized spacial score (nSPS) is 17.8. The summed E-state index contributed by atoms with van der Waals surface area (Å²) in [7, 11) is 0.201. The quantitative estimate of drug-likeness (QED) is 0.722. The second-order valence-electron chi connectivity index (χ2n) is 5.02. The van der Waals surface area contributed by atoms with Crippen molar-refractivity contribution in [1.29, 1.82) is 0 Å². The van der Waals surface area contributed by atoms with Gasteiger partial charge in [0.1, 0.15) is 12.4 Å². The Bertz CT molecular complexity index is 537. The van der Waals surface area contributed by atoms with Crippen LogP contribution < -0.4 is 4.74 Å². The first-order valence-electron chi connectivity index (χ1n) is 6.94. The molecule has 1 aliphatic heterocycles. The van der Waals surface area contributed by atoms with Gasteiger partial charge in [0.25, 0.3) is 0 Å². The van der Waals surface area contributed by atoms with Gasteiger partial charge in [-0.25, -0.2) is 8.42 Å². The fourth-order valence-corrected chi connectivity index (χ4v) is 3.55. The maximum Gasteiger partial charge on any atom is 0.243 e. The van der Waals surface area contributed by atoms with Crippen molar-refractivity contribution >= 4 is 10.0 Å². The topological polar surface area (TPSA) is 59.1 Å². The van der Waals surface area contributed by atoms with Crippen LogP contribution in [0.4, 0.5) is 0 Å². The van der Waals surface area contributed by atoms with Gasteiger partial charge in [-0.2, -0.15) is 4.31 Å². The summed E-state index contributed by atoms with van der Waals surface area (Å²) < 4.78 is 36.9. The summed E-state index contributed by atoms with van der Waals surface area (Å²) in [5, 5.41) is 0. The average molecular weight is 314 g/mol. The van der Waals surface area contributed by atoms with Crippen molar-refractivity contribution in [2.24, 2.45) is 0 Å². The van der Waals surface area contributed by atoms with Crippen molar-refractivity contribution in [1.82, 2.24) is 9.21 Å². The number of ether oxygens (including phenoxy) is 2. The monoisotopic (exact) mass is 314 g/mol. The van der Waals surface area contributed by atoms with Gasteiger partial charge in [-0.05, 0) is 31.3 Å². The molecule has 0 N–H and O–H groups in total. The molecule has 1 fully saturated rings. The Morgan fingerprint density at radius 3 is 2.24 bits per heavy atom. The van der Waals surface area contributed by atoms with Gasteiger partial charge in [0.2, 0.25) is 10.0 Å². The molecule has 1 saturated heterocycles. The van der Waals surface area contributed by atoms with Crippen molar-refractivity contribution in [3.63, 3.8) is 0 Å². The van der Waals surface area contributed by atoms with Gasteiger partial charge in [0.15, 0.2) is 0 Å². The highest BCUT2D eigenvalue weighted by molar-refractivity contribution is 7.89. The Kier molecular flexibility index (Phi) is 5.58. The van der Waals surface area contributed by atoms with Crippen LogP contribution in [-0.4, -0.2) is 71.2 Å². The van der Waals surface area contributed by atoms with Crippen LogP contribution in [0.25, 0.3) is 0 Å². The molecule has 7 heteroatoms. The Hall–Kier alpha value is -1.15. The minimum Gasteiger partial charge on any atom is -0.491 e. The zero-order valence-corrected chi connectivity index (χ0v) is 13.3. The predicted octanol–water partition coefficient (Wildman–Crippen LogP) is 0.648. The van der Waals surface area contributed by atoms with Gasteiger partial charge in [-0.1, -0.05) is 0 Å². The largest absolute Gasteiger partial charge is 0.491 e. The molecule has 6 nitrogen and oxygen atoms in total. The second-order valence-corrected chi connectivity index (χ2v) is 6.96. The van der Waals surface area contributed by atoms with Crippen molar-refractivity contribution in [3.05, 3.63) is 24.3 Å². The molecule has 0 saturated carbocycles. The fraction of sp³-hybridized carbons (Fsp3) is 0.571. The number of benzene rings is 1. The Morgan fingerprint density at radius 2 is 1.67 bits per heavy atom. The third kappa shape index (κ3) is 4.16. The van der Waals surface area contributed by atoms with Crippen LogP contribution in [0.5, 0.6) is 5.75 Å². The van der Waals surface area contributed by atoms with E-state index < -0.39 is 10.0 Å². The highest BCUT2D eigenvalue weighted by Crippen LogP contribution is 2.20. The molecule has 2 rings (SSSR count). The number of nitrogens with zero attached hydrogens (tertiary/aromatic N) is 2. The molecule has 0 atom stereocenters. The number of methoxy groups -OCH3 is 1. The van der Waals surface area contributed by atoms with Gasteiger partial charge in [-0.3, -0.25) is 0 Å². The van der Waals surface area contributed by atoms with Gasteiger partial charge >= 0.3 is 0 Å². The van der Waals surface area contributed by atoms with Gasteiger partial charge in [0.05, 0.1) is 11.5 Å². The third-order valence-electron chi connectivity index (χ3n) is 3.48. The van der Waals surface area contributed by atoms with Crippen molar-refractivity contribution in [2.75, 3.05) is 53.6 Å². The first kappa shape index (κ1) is 16.2. The maximum absolute atomic E-state index is 12.5. The Balaban J connectivity index is 2.03. The molecular weight excluding hydrogens is 292 g/mol. The van der Waals surface area contributed by atoms with Crippen LogP contribution in [-0.2, 0) is 14.8 Å². The molecule has 1 aromatic rings. The average Bonchev–Trinajstić information content (AvgIpc) is 2.48. The lowest BCUT2D eigenvalue weighted by atomic mass is 10.3. The molecule has 1 aliphatic rings. The van der Waals surface area contributed by atoms with Crippen LogP contribution in [0.3, 0.4) is 0 Å². The lowest BCUT2D eigenvalue weighted by molar-refractivity contribution is 0.146. The molecule has 0 aliphatic carbocycles. The molecule has 0 unspecified atom stereocenters. The van der Waals surface area contributed by atoms with Crippen LogP contribution in [0.1, 0.15) is 0 Å². The van der Waals surface area contributed by atoms with E-state index >= 15 is 0 Å². The van der Waals surface area contributed by atoms with E-state index in [1.807, 2.05) is 7.05 Å². The SMILES string of the molecule is COCCOc1ccc(S(=O)(=O)N2CCN(C)CC2)cc1. The van der Waals surface area contributed by atoms with Crippen molar-refractivity contribution in [2.45, 2.75) is 4.90 Å². The van der Waals surface area contributed by atoms with E-state index in [1.165, 1.54) is 4.31 Å². The molecule has 1 heterocycles. The number of likely N-dealkylation sites (N-methyl/N-ethyl adjacent to an activating group) is 1. The van der Waals surface area contributed by atoms with E-state index in [4.69, 9.17) is 9.47 Å². The van der Waals surface area contributed by atoms with Gasteiger partial charge in [0, 0.05) is 33.3 Å². The zero-order valence-electron chi connectivity index (χ0n) is 12.5. The molecule has 0 amide bonds. The smallest absolute Gasteiger partial charge is 0.243 e. The highest BCUT2D eigenvalue weighted by atomic mass is 32.2. The molecule has 118 valence electrons. The summed E-state index contributed by atoms with van der Waals surface area (Å²) in [5.74, 6) is 0.643. The third-order valence-corrected chi connectivity index (χ3v) is 5.39. The van der Waals surface area contributed by atoms with E-state index in [9.17, 15) is 8.42 Å². The lowest BCUT2D eigenvalue weighted by Gasteiger charge is -2.31. The lowest BCUT2D eigenvalue weighted by Crippen LogP contribution is -2.46. The van der Waals surface area contributed by atoms with Gasteiger partial charge < -0.3 is 14.4 Å². The number of piperazine rings is 1. The molecule has 1 aromatic carbocycles. The second kappa shape index (κ2) is 7.22. The molecule has 0 spiro atoms. The van der Waals surface area contributed by atoms with E-state index in [0.29, 0.717) is 36.9 Å². The molecule has 21 heavy (non-hydrogen) atoms. The van der Waals surface area contributed by atoms with Crippen LogP contribution in [0.15, 0.2) is 29.2 Å². The minimum atomic E-state index is -3.40. The van der Waals surface area contributed by atoms with Crippen molar-refractivity contribution in [3.8, 4) is 5.75 Å². The van der Waals surface area contributed by atoms with Crippen LogP contribution >= 0.6 is 0 Å². The molecule has 0 aromatic heterocycles. The van der Waals surface area contributed by atoms with E-state index in [2.05, 4.69) is 4.90 Å². The summed E-state index contributed by atoms with van der Waals surface area (Å²) >= 11 is 0.